The van der Waals surface area contributed by atoms with Gasteiger partial charge in [0.1, 0.15) is 23.7 Å². The van der Waals surface area contributed by atoms with Crippen molar-refractivity contribution in [2.45, 2.75) is 71.6 Å². The van der Waals surface area contributed by atoms with Crippen molar-refractivity contribution in [1.82, 2.24) is 10.6 Å². The molecule has 0 aliphatic heterocycles. The second-order valence-electron chi connectivity index (χ2n) is 6.46. The van der Waals surface area contributed by atoms with Gasteiger partial charge in [-0.05, 0) is 41.0 Å². The highest BCUT2D eigenvalue weighted by Crippen LogP contribution is 2.08. The Kier molecular flexibility index (Phi) is 9.32. The Labute approximate surface area is 137 Å². The molecule has 0 rings (SSSR count). The number of ketones is 1. The molecular weight excluding hydrogens is 300 g/mol. The van der Waals surface area contributed by atoms with Crippen LogP contribution in [0.4, 0.5) is 0 Å². The lowest BCUT2D eigenvalue weighted by atomic mass is 10.1. The van der Waals surface area contributed by atoms with Crippen molar-refractivity contribution in [2.24, 2.45) is 0 Å². The summed E-state index contributed by atoms with van der Waals surface area (Å²) in [5.41, 5.74) is -0.617. The summed E-state index contributed by atoms with van der Waals surface area (Å²) in [6.45, 7) is 8.45. The summed E-state index contributed by atoms with van der Waals surface area (Å²) in [7, 11) is 0. The summed E-state index contributed by atoms with van der Waals surface area (Å²) in [4.78, 5) is 45.5. The molecule has 0 aromatic heterocycles. The van der Waals surface area contributed by atoms with Gasteiger partial charge >= 0.3 is 5.97 Å². The maximum Gasteiger partial charge on any atom is 0.328 e. The van der Waals surface area contributed by atoms with Crippen molar-refractivity contribution in [3.8, 4) is 0 Å². The minimum atomic E-state index is -0.769. The van der Waals surface area contributed by atoms with Crippen molar-refractivity contribution in [3.05, 3.63) is 0 Å². The van der Waals surface area contributed by atoms with Crippen LogP contribution >= 0.6 is 0 Å². The van der Waals surface area contributed by atoms with Gasteiger partial charge in [0.15, 0.2) is 0 Å². The summed E-state index contributed by atoms with van der Waals surface area (Å²) >= 11 is 0. The lowest BCUT2D eigenvalue weighted by Gasteiger charge is -2.23. The molecule has 2 N–H and O–H groups in total. The van der Waals surface area contributed by atoms with Crippen LogP contribution in [0.3, 0.4) is 0 Å². The summed E-state index contributed by atoms with van der Waals surface area (Å²) in [6.07, 6.45) is 1.94. The van der Waals surface area contributed by atoms with Crippen LogP contribution in [0.1, 0.15) is 53.9 Å². The lowest BCUT2D eigenvalue weighted by molar-refractivity contribution is -0.158. The fraction of sp³-hybridized carbons (Fsp3) is 0.750. The average molecular weight is 328 g/mol. The van der Waals surface area contributed by atoms with Crippen molar-refractivity contribution in [3.63, 3.8) is 0 Å². The monoisotopic (exact) mass is 328 g/mol. The second-order valence-corrected chi connectivity index (χ2v) is 6.46. The number of hydrogen-bond acceptors (Lipinski definition) is 6. The molecule has 0 unspecified atom stereocenters. The average Bonchev–Trinajstić information content (AvgIpc) is 2.42. The fourth-order valence-corrected chi connectivity index (χ4v) is 1.62. The molecular formula is C16H28N2O5. The fourth-order valence-electron chi connectivity index (χ4n) is 1.62. The Balaban J connectivity index is 4.17. The SMILES string of the molecule is C[C@H](NCC(=O)CCCC=O)C(=O)N[C@@H](C)C(=O)OC(C)(C)C. The molecule has 0 fully saturated rings. The third-order valence-corrected chi connectivity index (χ3v) is 2.90. The van der Waals surface area contributed by atoms with Gasteiger partial charge in [-0.25, -0.2) is 4.79 Å². The van der Waals surface area contributed by atoms with Gasteiger partial charge in [0.2, 0.25) is 5.91 Å². The van der Waals surface area contributed by atoms with Crippen molar-refractivity contribution in [1.29, 1.82) is 0 Å². The normalized spacial score (nSPS) is 13.8. The molecule has 0 aromatic carbocycles. The quantitative estimate of drug-likeness (QED) is 0.349. The highest BCUT2D eigenvalue weighted by molar-refractivity contribution is 5.88. The minimum absolute atomic E-state index is 0.0499. The molecule has 0 aliphatic rings. The first-order valence-electron chi connectivity index (χ1n) is 7.78. The predicted octanol–water partition coefficient (Wildman–Crippen LogP) is 0.749. The van der Waals surface area contributed by atoms with Gasteiger partial charge < -0.3 is 14.8 Å². The largest absolute Gasteiger partial charge is 0.458 e. The number of nitrogens with one attached hydrogen (secondary N) is 2. The zero-order valence-corrected chi connectivity index (χ0v) is 14.6. The van der Waals surface area contributed by atoms with E-state index in [1.165, 1.54) is 0 Å². The smallest absolute Gasteiger partial charge is 0.328 e. The van der Waals surface area contributed by atoms with Gasteiger partial charge in [-0.2, -0.15) is 0 Å². The minimum Gasteiger partial charge on any atom is -0.458 e. The third-order valence-electron chi connectivity index (χ3n) is 2.90. The van der Waals surface area contributed by atoms with E-state index < -0.39 is 23.7 Å². The highest BCUT2D eigenvalue weighted by Gasteiger charge is 2.24. The van der Waals surface area contributed by atoms with E-state index in [1.54, 1.807) is 34.6 Å². The summed E-state index contributed by atoms with van der Waals surface area (Å²) in [6, 6.07) is -1.39. The number of Topliss-reactive ketones (excluding diaryl/α,β-unsaturated/α-hetero) is 1. The van der Waals surface area contributed by atoms with Crippen LogP contribution in [0.15, 0.2) is 0 Å². The molecule has 0 aliphatic carbocycles. The second kappa shape index (κ2) is 10.1. The van der Waals surface area contributed by atoms with E-state index in [2.05, 4.69) is 10.6 Å². The summed E-state index contributed by atoms with van der Waals surface area (Å²) in [5, 5.41) is 5.34. The van der Waals surface area contributed by atoms with Gasteiger partial charge in [0.25, 0.3) is 0 Å². The van der Waals surface area contributed by atoms with E-state index in [0.29, 0.717) is 19.3 Å². The van der Waals surface area contributed by atoms with Crippen molar-refractivity contribution >= 4 is 23.9 Å². The van der Waals surface area contributed by atoms with Crippen LogP contribution in [0.2, 0.25) is 0 Å². The number of carbonyl (C=O) groups excluding carboxylic acids is 4. The Morgan fingerprint density at radius 2 is 1.74 bits per heavy atom. The van der Waals surface area contributed by atoms with Crippen LogP contribution in [0.5, 0.6) is 0 Å². The van der Waals surface area contributed by atoms with Crippen LogP contribution in [-0.4, -0.2) is 48.2 Å². The number of unbranched alkanes of at least 4 members (excludes halogenated alkanes) is 1. The van der Waals surface area contributed by atoms with E-state index in [-0.39, 0.29) is 18.2 Å². The molecule has 0 heterocycles. The number of ether oxygens (including phenoxy) is 1. The van der Waals surface area contributed by atoms with E-state index in [4.69, 9.17) is 4.74 Å². The first kappa shape index (κ1) is 21.2. The maximum atomic E-state index is 12.0. The van der Waals surface area contributed by atoms with Gasteiger partial charge in [0, 0.05) is 12.8 Å². The molecule has 132 valence electrons. The van der Waals surface area contributed by atoms with Crippen LogP contribution in [0.25, 0.3) is 0 Å². The molecule has 0 saturated carbocycles. The first-order chi connectivity index (χ1) is 10.6. The third kappa shape index (κ3) is 10.6. The zero-order chi connectivity index (χ0) is 18.0. The molecule has 0 aromatic rings. The summed E-state index contributed by atoms with van der Waals surface area (Å²) in [5.74, 6) is -0.960. The van der Waals surface area contributed by atoms with E-state index in [0.717, 1.165) is 6.29 Å². The molecule has 0 saturated heterocycles. The van der Waals surface area contributed by atoms with Gasteiger partial charge in [-0.15, -0.1) is 0 Å². The molecule has 7 nitrogen and oxygen atoms in total. The van der Waals surface area contributed by atoms with E-state index in [9.17, 15) is 19.2 Å². The Bertz CT molecular complexity index is 429. The van der Waals surface area contributed by atoms with Gasteiger partial charge in [-0.3, -0.25) is 14.9 Å². The van der Waals surface area contributed by atoms with E-state index >= 15 is 0 Å². The maximum absolute atomic E-state index is 12.0. The number of aldehydes is 1. The van der Waals surface area contributed by atoms with Gasteiger partial charge in [0.05, 0.1) is 12.6 Å². The first-order valence-corrected chi connectivity index (χ1v) is 7.78. The molecule has 2 atom stereocenters. The summed E-state index contributed by atoms with van der Waals surface area (Å²) < 4.78 is 5.18. The Hall–Kier alpha value is -1.76. The standard InChI is InChI=1S/C16H28N2O5/c1-11(17-10-13(20)8-6-7-9-19)14(21)18-12(2)15(22)23-16(3,4)5/h9,11-12,17H,6-8,10H2,1-5H3,(H,18,21)/t11-,12-/m0/s1. The van der Waals surface area contributed by atoms with Crippen LogP contribution in [0, 0.1) is 0 Å². The number of esters is 1. The van der Waals surface area contributed by atoms with Crippen molar-refractivity contribution in [2.75, 3.05) is 6.54 Å². The Morgan fingerprint density at radius 1 is 1.13 bits per heavy atom. The molecule has 0 radical (unpaired) electrons. The topological polar surface area (TPSA) is 102 Å². The van der Waals surface area contributed by atoms with Crippen LogP contribution < -0.4 is 10.6 Å². The lowest BCUT2D eigenvalue weighted by Crippen LogP contribution is -2.50. The van der Waals surface area contributed by atoms with Crippen molar-refractivity contribution < 1.29 is 23.9 Å². The zero-order valence-electron chi connectivity index (χ0n) is 14.6. The molecule has 0 spiro atoms. The molecule has 23 heavy (non-hydrogen) atoms. The number of rotatable bonds is 10. The number of carbonyl (C=O) groups is 4. The highest BCUT2D eigenvalue weighted by atomic mass is 16.6. The molecule has 1 amide bonds. The van der Waals surface area contributed by atoms with Crippen LogP contribution in [-0.2, 0) is 23.9 Å². The number of hydrogen-bond donors (Lipinski definition) is 2. The Morgan fingerprint density at radius 3 is 2.26 bits per heavy atom. The van der Waals surface area contributed by atoms with Gasteiger partial charge in [-0.1, -0.05) is 0 Å². The predicted molar refractivity (Wildman–Crippen MR) is 85.8 cm³/mol. The number of amides is 1. The van der Waals surface area contributed by atoms with E-state index in [1.807, 2.05) is 0 Å². The molecule has 0 bridgehead atoms. The molecule has 7 heteroatoms.